The van der Waals surface area contributed by atoms with Crippen molar-refractivity contribution in [1.82, 2.24) is 44.2 Å². The Balaban J connectivity index is 0.992. The fourth-order valence-corrected chi connectivity index (χ4v) is 7.33. The van der Waals surface area contributed by atoms with E-state index in [2.05, 4.69) is 40.0 Å². The first-order chi connectivity index (χ1) is 24.5. The monoisotopic (exact) mass is 705 g/mol. The zero-order valence-electron chi connectivity index (χ0n) is 29.7. The lowest BCUT2D eigenvalue weighted by molar-refractivity contribution is -0.123. The molecule has 16 heteroatoms. The van der Waals surface area contributed by atoms with Gasteiger partial charge in [0.2, 0.25) is 5.91 Å². The molecule has 51 heavy (non-hydrogen) atoms. The smallest absolute Gasteiger partial charge is 0.229 e. The number of hydrogen-bond donors (Lipinski definition) is 5. The Morgan fingerprint density at radius 3 is 2.63 bits per heavy atom. The number of morpholine rings is 1. The molecule has 1 amide bonds. The maximum atomic E-state index is 12.5. The molecule has 0 radical (unpaired) electrons. The van der Waals surface area contributed by atoms with Crippen molar-refractivity contribution in [3.8, 4) is 0 Å². The highest BCUT2D eigenvalue weighted by Gasteiger charge is 2.45. The number of aromatic amines is 1. The van der Waals surface area contributed by atoms with E-state index in [1.54, 1.807) is 4.57 Å². The molecule has 0 aliphatic carbocycles. The first-order valence-electron chi connectivity index (χ1n) is 18.0. The van der Waals surface area contributed by atoms with Gasteiger partial charge in [0.05, 0.1) is 37.1 Å². The number of benzene rings is 1. The molecule has 6 N–H and O–H groups in total. The van der Waals surface area contributed by atoms with Gasteiger partial charge in [0, 0.05) is 49.9 Å². The second kappa shape index (κ2) is 15.1. The molecule has 3 aromatic heterocycles. The molecule has 3 saturated heterocycles. The van der Waals surface area contributed by atoms with Gasteiger partial charge in [-0.1, -0.05) is 20.8 Å². The minimum absolute atomic E-state index is 0.0305. The summed E-state index contributed by atoms with van der Waals surface area (Å²) in [5, 5.41) is 25.4. The zero-order valence-corrected chi connectivity index (χ0v) is 29.7. The lowest BCUT2D eigenvalue weighted by Crippen LogP contribution is -2.50. The molecule has 4 atom stereocenters. The lowest BCUT2D eigenvalue weighted by Gasteiger charge is -2.40. The highest BCUT2D eigenvalue weighted by Crippen LogP contribution is 2.33. The highest BCUT2D eigenvalue weighted by molar-refractivity contribution is 5.96. The Labute approximate surface area is 297 Å². The summed E-state index contributed by atoms with van der Waals surface area (Å²) < 4.78 is 13.5. The van der Waals surface area contributed by atoms with Crippen molar-refractivity contribution in [2.24, 2.45) is 5.41 Å². The van der Waals surface area contributed by atoms with E-state index < -0.39 is 30.0 Å². The number of rotatable bonds is 11. The van der Waals surface area contributed by atoms with E-state index in [-0.39, 0.29) is 11.7 Å². The van der Waals surface area contributed by atoms with Crippen molar-refractivity contribution < 1.29 is 24.5 Å². The van der Waals surface area contributed by atoms with Crippen LogP contribution in [0.15, 0.2) is 30.9 Å². The van der Waals surface area contributed by atoms with Crippen LogP contribution in [0.1, 0.15) is 52.1 Å². The Morgan fingerprint density at radius 2 is 1.86 bits per heavy atom. The number of H-pyrrole nitrogens is 1. The standard InChI is InChI=1S/C35H51N11O5/c1-35(2,3)34(49)40-22-5-6-24-25(17-22)42-27(41-24)19-44-11-7-23(8-12-44)45(10-4-9-43-13-15-50-16-14-43)18-26-29(47)30(48)33(51-26)46-21-39-28-31(36)37-20-38-32(28)46/h5-6,17,20-21,23,26,29-30,33,47-48H,4,7-16,18-19H2,1-3H3,(H,40,49)(H,41,42)(H2,36,37,38)/t26-,29-,30-,33-/m1/s1. The quantitative estimate of drug-likeness (QED) is 0.151. The van der Waals surface area contributed by atoms with Crippen LogP contribution < -0.4 is 11.1 Å². The maximum Gasteiger partial charge on any atom is 0.229 e. The fraction of sp³-hybridized carbons (Fsp3) is 0.629. The number of nitrogens with zero attached hydrogens (tertiary/aromatic N) is 8. The van der Waals surface area contributed by atoms with Crippen molar-refractivity contribution in [3.05, 3.63) is 36.7 Å². The number of hydrogen-bond acceptors (Lipinski definition) is 13. The first-order valence-corrected chi connectivity index (χ1v) is 18.0. The molecule has 3 aliphatic rings. The molecule has 3 fully saturated rings. The summed E-state index contributed by atoms with van der Waals surface area (Å²) >= 11 is 0. The fourth-order valence-electron chi connectivity index (χ4n) is 7.33. The molecule has 0 spiro atoms. The van der Waals surface area contributed by atoms with Gasteiger partial charge in [0.1, 0.15) is 36.0 Å². The molecule has 0 saturated carbocycles. The van der Waals surface area contributed by atoms with Gasteiger partial charge in [-0.05, 0) is 50.6 Å². The second-order valence-electron chi connectivity index (χ2n) is 15.1. The van der Waals surface area contributed by atoms with Gasteiger partial charge in [0.15, 0.2) is 17.7 Å². The summed E-state index contributed by atoms with van der Waals surface area (Å²) in [7, 11) is 0. The number of ether oxygens (including phenoxy) is 2. The highest BCUT2D eigenvalue weighted by atomic mass is 16.6. The van der Waals surface area contributed by atoms with E-state index >= 15 is 0 Å². The van der Waals surface area contributed by atoms with Crippen molar-refractivity contribution in [2.45, 2.75) is 77.2 Å². The number of piperidine rings is 1. The molecule has 276 valence electrons. The number of nitrogens with one attached hydrogen (secondary N) is 2. The number of amides is 1. The number of carbonyl (C=O) groups excluding carboxylic acids is 1. The lowest BCUT2D eigenvalue weighted by atomic mass is 9.95. The summed E-state index contributed by atoms with van der Waals surface area (Å²) in [6.07, 6.45) is 2.09. The second-order valence-corrected chi connectivity index (χ2v) is 15.1. The van der Waals surface area contributed by atoms with E-state index in [1.807, 2.05) is 39.0 Å². The maximum absolute atomic E-state index is 12.5. The predicted octanol–water partition coefficient (Wildman–Crippen LogP) is 1.58. The van der Waals surface area contributed by atoms with E-state index in [9.17, 15) is 15.0 Å². The van der Waals surface area contributed by atoms with Crippen molar-refractivity contribution in [2.75, 3.05) is 70.1 Å². The molecule has 6 heterocycles. The number of aliphatic hydroxyl groups is 2. The van der Waals surface area contributed by atoms with Crippen molar-refractivity contribution in [3.63, 3.8) is 0 Å². The molecule has 7 rings (SSSR count). The average molecular weight is 706 g/mol. The van der Waals surface area contributed by atoms with Crippen molar-refractivity contribution >= 4 is 39.6 Å². The number of anilines is 2. The number of fused-ring (bicyclic) bond motifs is 2. The third-order valence-corrected chi connectivity index (χ3v) is 10.4. The summed E-state index contributed by atoms with van der Waals surface area (Å²) in [5.41, 5.74) is 8.91. The largest absolute Gasteiger partial charge is 0.387 e. The predicted molar refractivity (Wildman–Crippen MR) is 192 cm³/mol. The molecule has 1 aromatic carbocycles. The Hall–Kier alpha value is -3.77. The number of nitrogens with two attached hydrogens (primary N) is 1. The SMILES string of the molecule is CC(C)(C)C(=O)Nc1ccc2nc(CN3CCC(N(CCCN4CCOCC4)C[C@H]4O[C@@H](n5cnc6c(N)ncnc65)[C@H](O)[C@@H]4O)CC3)[nH]c2c1. The van der Waals surface area contributed by atoms with Gasteiger partial charge in [-0.3, -0.25) is 24.1 Å². The minimum Gasteiger partial charge on any atom is -0.387 e. The first kappa shape index (κ1) is 35.6. The Kier molecular flexibility index (Phi) is 10.5. The van der Waals surface area contributed by atoms with Gasteiger partial charge < -0.3 is 35.7 Å². The minimum atomic E-state index is -1.16. The third-order valence-electron chi connectivity index (χ3n) is 10.4. The normalized spacial score (nSPS) is 24.3. The molecule has 16 nitrogen and oxygen atoms in total. The van der Waals surface area contributed by atoms with Crippen molar-refractivity contribution in [1.29, 1.82) is 0 Å². The number of aromatic nitrogens is 6. The van der Waals surface area contributed by atoms with E-state index in [1.165, 1.54) is 12.7 Å². The number of imidazole rings is 2. The van der Waals surface area contributed by atoms with Crippen LogP contribution in [0.3, 0.4) is 0 Å². The van der Waals surface area contributed by atoms with Crippen LogP contribution in [0, 0.1) is 5.41 Å². The van der Waals surface area contributed by atoms with Crippen LogP contribution in [0.4, 0.5) is 11.5 Å². The molecular weight excluding hydrogens is 654 g/mol. The van der Waals surface area contributed by atoms with Gasteiger partial charge in [-0.15, -0.1) is 0 Å². The summed E-state index contributed by atoms with van der Waals surface area (Å²) in [5.74, 6) is 1.11. The van der Waals surface area contributed by atoms with Crippen LogP contribution in [0.25, 0.3) is 22.2 Å². The van der Waals surface area contributed by atoms with E-state index in [0.29, 0.717) is 30.3 Å². The van der Waals surface area contributed by atoms with Gasteiger partial charge in [0.25, 0.3) is 0 Å². The van der Waals surface area contributed by atoms with Crippen LogP contribution in [-0.2, 0) is 20.8 Å². The molecular formula is C35H51N11O5. The number of nitrogen functional groups attached to an aromatic ring is 1. The Morgan fingerprint density at radius 1 is 1.08 bits per heavy atom. The molecule has 3 aliphatic heterocycles. The van der Waals surface area contributed by atoms with Gasteiger partial charge >= 0.3 is 0 Å². The molecule has 4 aromatic rings. The van der Waals surface area contributed by atoms with Crippen LogP contribution >= 0.6 is 0 Å². The van der Waals surface area contributed by atoms with Crippen LogP contribution in [0.2, 0.25) is 0 Å². The summed E-state index contributed by atoms with van der Waals surface area (Å²) in [4.78, 5) is 40.7. The molecule has 0 unspecified atom stereocenters. The van der Waals surface area contributed by atoms with Gasteiger partial charge in [-0.25, -0.2) is 19.9 Å². The zero-order chi connectivity index (χ0) is 35.7. The summed E-state index contributed by atoms with van der Waals surface area (Å²) in [6.45, 7) is 13.9. The van der Waals surface area contributed by atoms with Crippen LogP contribution in [0.5, 0.6) is 0 Å². The molecule has 0 bridgehead atoms. The third kappa shape index (κ3) is 8.01. The average Bonchev–Trinajstić information content (AvgIpc) is 3.80. The van der Waals surface area contributed by atoms with E-state index in [4.69, 9.17) is 20.2 Å². The van der Waals surface area contributed by atoms with Gasteiger partial charge in [-0.2, -0.15) is 0 Å². The number of aliphatic hydroxyl groups excluding tert-OH is 2. The number of carbonyl (C=O) groups is 1. The summed E-state index contributed by atoms with van der Waals surface area (Å²) in [6, 6.07) is 6.07. The van der Waals surface area contributed by atoms with Crippen LogP contribution in [-0.4, -0.2) is 144 Å². The number of likely N-dealkylation sites (tertiary alicyclic amines) is 1. The topological polar surface area (TPSA) is 196 Å². The Bertz CT molecular complexity index is 1790. The van der Waals surface area contributed by atoms with E-state index in [0.717, 1.165) is 94.3 Å².